The number of hydrogen-bond donors (Lipinski definition) is 2. The summed E-state index contributed by atoms with van der Waals surface area (Å²) in [6.45, 7) is 4.51. The number of H-pyrrole nitrogens is 1. The Morgan fingerprint density at radius 1 is 1.53 bits per heavy atom. The van der Waals surface area contributed by atoms with Crippen LogP contribution < -0.4 is 5.32 Å². The molecule has 1 unspecified atom stereocenters. The molecular weight excluding hydrogens is 244 g/mol. The van der Waals surface area contributed by atoms with E-state index in [0.29, 0.717) is 6.54 Å². The highest BCUT2D eigenvalue weighted by Gasteiger charge is 2.10. The topological polar surface area (TPSA) is 83.8 Å². The molecule has 0 aliphatic heterocycles. The number of non-ortho nitro benzene ring substituents is 1. The number of aromatic nitrogens is 2. The summed E-state index contributed by atoms with van der Waals surface area (Å²) in [5.41, 5.74) is 2.00. The summed E-state index contributed by atoms with van der Waals surface area (Å²) >= 11 is 0. The molecule has 0 amide bonds. The van der Waals surface area contributed by atoms with Crippen LogP contribution in [0.5, 0.6) is 0 Å². The van der Waals surface area contributed by atoms with E-state index in [4.69, 9.17) is 0 Å². The van der Waals surface area contributed by atoms with Crippen LogP contribution in [0.3, 0.4) is 0 Å². The molecule has 1 atom stereocenters. The number of hydrogen-bond acceptors (Lipinski definition) is 4. The van der Waals surface area contributed by atoms with Gasteiger partial charge in [-0.2, -0.15) is 0 Å². The highest BCUT2D eigenvalue weighted by Crippen LogP contribution is 2.19. The first-order valence-electron chi connectivity index (χ1n) is 6.04. The first-order chi connectivity index (χ1) is 9.06. The summed E-state index contributed by atoms with van der Waals surface area (Å²) in [6.07, 6.45) is 1.78. The van der Waals surface area contributed by atoms with E-state index in [-0.39, 0.29) is 16.7 Å². The van der Waals surface area contributed by atoms with Gasteiger partial charge in [0.05, 0.1) is 4.92 Å². The second-order valence-electron chi connectivity index (χ2n) is 4.45. The van der Waals surface area contributed by atoms with E-state index in [9.17, 15) is 10.1 Å². The lowest BCUT2D eigenvalue weighted by Crippen LogP contribution is -2.18. The number of nitrogens with zero attached hydrogens (tertiary/aromatic N) is 2. The van der Waals surface area contributed by atoms with Gasteiger partial charge in [-0.1, -0.05) is 12.1 Å². The summed E-state index contributed by atoms with van der Waals surface area (Å²) < 4.78 is 0. The normalized spacial score (nSPS) is 12.3. The summed E-state index contributed by atoms with van der Waals surface area (Å²) in [4.78, 5) is 17.6. The molecule has 2 aromatic rings. The van der Waals surface area contributed by atoms with Gasteiger partial charge in [-0.15, -0.1) is 0 Å². The Hall–Kier alpha value is -2.21. The lowest BCUT2D eigenvalue weighted by Gasteiger charge is -2.13. The van der Waals surface area contributed by atoms with Gasteiger partial charge in [0, 0.05) is 36.6 Å². The predicted octanol–water partition coefficient (Wildman–Crippen LogP) is 2.48. The highest BCUT2D eigenvalue weighted by atomic mass is 16.6. The third kappa shape index (κ3) is 3.38. The molecule has 2 rings (SSSR count). The fourth-order valence-electron chi connectivity index (χ4n) is 1.85. The van der Waals surface area contributed by atoms with E-state index in [1.807, 2.05) is 19.9 Å². The zero-order valence-corrected chi connectivity index (χ0v) is 10.9. The zero-order valence-electron chi connectivity index (χ0n) is 10.9. The third-order valence-electron chi connectivity index (χ3n) is 2.94. The van der Waals surface area contributed by atoms with Crippen LogP contribution >= 0.6 is 0 Å². The van der Waals surface area contributed by atoms with Crippen LogP contribution in [0.25, 0.3) is 0 Å². The number of aryl methyl sites for hydroxylation is 1. The Kier molecular flexibility index (Phi) is 3.91. The fraction of sp³-hybridized carbons (Fsp3) is 0.308. The minimum Gasteiger partial charge on any atom is -0.345 e. The molecule has 19 heavy (non-hydrogen) atoms. The molecule has 1 aromatic carbocycles. The molecule has 0 radical (unpaired) electrons. The van der Waals surface area contributed by atoms with Crippen molar-refractivity contribution in [3.8, 4) is 0 Å². The second-order valence-corrected chi connectivity index (χ2v) is 4.45. The number of aromatic amines is 1. The van der Waals surface area contributed by atoms with Crippen LogP contribution in [0.1, 0.15) is 30.0 Å². The van der Waals surface area contributed by atoms with Crippen molar-refractivity contribution < 1.29 is 4.92 Å². The first-order valence-corrected chi connectivity index (χ1v) is 6.04. The SMILES string of the molecule is Cc1ncc(CNC(C)c2cccc([N+](=O)[O-])c2)[nH]1. The van der Waals surface area contributed by atoms with Gasteiger partial charge in [0.1, 0.15) is 5.82 Å². The highest BCUT2D eigenvalue weighted by molar-refractivity contribution is 5.35. The molecule has 2 N–H and O–H groups in total. The van der Waals surface area contributed by atoms with E-state index in [2.05, 4.69) is 15.3 Å². The van der Waals surface area contributed by atoms with Crippen molar-refractivity contribution in [3.63, 3.8) is 0 Å². The molecule has 6 heteroatoms. The standard InChI is InChI=1S/C13H16N4O2/c1-9(14-7-12-8-15-10(2)16-12)11-4-3-5-13(6-11)17(18)19/h3-6,8-9,14H,7H2,1-2H3,(H,15,16). The predicted molar refractivity (Wildman–Crippen MR) is 71.7 cm³/mol. The Balaban J connectivity index is 2.01. The minimum absolute atomic E-state index is 0.0310. The molecule has 100 valence electrons. The minimum atomic E-state index is -0.380. The van der Waals surface area contributed by atoms with Gasteiger partial charge in [-0.25, -0.2) is 4.98 Å². The van der Waals surface area contributed by atoms with Crippen molar-refractivity contribution >= 4 is 5.69 Å². The molecule has 0 bridgehead atoms. The van der Waals surface area contributed by atoms with Gasteiger partial charge in [-0.05, 0) is 19.4 Å². The van der Waals surface area contributed by atoms with Crippen molar-refractivity contribution in [1.82, 2.24) is 15.3 Å². The monoisotopic (exact) mass is 260 g/mol. The second kappa shape index (κ2) is 5.62. The molecule has 0 saturated carbocycles. The van der Waals surface area contributed by atoms with E-state index in [0.717, 1.165) is 17.1 Å². The molecule has 0 spiro atoms. The van der Waals surface area contributed by atoms with Gasteiger partial charge in [0.25, 0.3) is 5.69 Å². The van der Waals surface area contributed by atoms with Crippen molar-refractivity contribution in [2.75, 3.05) is 0 Å². The van der Waals surface area contributed by atoms with Gasteiger partial charge in [0.15, 0.2) is 0 Å². The van der Waals surface area contributed by atoms with Crippen LogP contribution in [0, 0.1) is 17.0 Å². The molecule has 1 heterocycles. The summed E-state index contributed by atoms with van der Waals surface area (Å²) in [6, 6.07) is 6.70. The molecule has 6 nitrogen and oxygen atoms in total. The lowest BCUT2D eigenvalue weighted by molar-refractivity contribution is -0.384. The molecule has 0 aliphatic carbocycles. The zero-order chi connectivity index (χ0) is 13.8. The number of imidazole rings is 1. The smallest absolute Gasteiger partial charge is 0.269 e. The number of nitrogens with one attached hydrogen (secondary N) is 2. The maximum absolute atomic E-state index is 10.7. The maximum Gasteiger partial charge on any atom is 0.269 e. The number of rotatable bonds is 5. The molecular formula is C13H16N4O2. The van der Waals surface area contributed by atoms with E-state index >= 15 is 0 Å². The summed E-state index contributed by atoms with van der Waals surface area (Å²) in [5, 5.41) is 14.0. The lowest BCUT2D eigenvalue weighted by atomic mass is 10.1. The quantitative estimate of drug-likeness (QED) is 0.639. The molecule has 1 aromatic heterocycles. The van der Waals surface area contributed by atoms with Gasteiger partial charge < -0.3 is 10.3 Å². The number of nitro benzene ring substituents is 1. The third-order valence-corrected chi connectivity index (χ3v) is 2.94. The van der Waals surface area contributed by atoms with E-state index in [1.165, 1.54) is 6.07 Å². The Morgan fingerprint density at radius 3 is 2.95 bits per heavy atom. The van der Waals surface area contributed by atoms with Crippen LogP contribution in [0.15, 0.2) is 30.5 Å². The fourth-order valence-corrected chi connectivity index (χ4v) is 1.85. The molecule has 0 saturated heterocycles. The molecule has 0 fully saturated rings. The van der Waals surface area contributed by atoms with E-state index in [1.54, 1.807) is 18.3 Å². The average Bonchev–Trinajstić information content (AvgIpc) is 2.82. The van der Waals surface area contributed by atoms with Crippen molar-refractivity contribution in [2.24, 2.45) is 0 Å². The van der Waals surface area contributed by atoms with Crippen LogP contribution in [0.4, 0.5) is 5.69 Å². The van der Waals surface area contributed by atoms with Gasteiger partial charge in [0.2, 0.25) is 0 Å². The number of nitro groups is 1. The van der Waals surface area contributed by atoms with Gasteiger partial charge in [-0.3, -0.25) is 10.1 Å². The number of benzene rings is 1. The first kappa shape index (κ1) is 13.2. The Labute approximate surface area is 111 Å². The van der Waals surface area contributed by atoms with Crippen molar-refractivity contribution in [2.45, 2.75) is 26.4 Å². The van der Waals surface area contributed by atoms with Gasteiger partial charge >= 0.3 is 0 Å². The Bertz CT molecular complexity index is 580. The maximum atomic E-state index is 10.7. The largest absolute Gasteiger partial charge is 0.345 e. The summed E-state index contributed by atoms with van der Waals surface area (Å²) in [5.74, 6) is 0.875. The summed E-state index contributed by atoms with van der Waals surface area (Å²) in [7, 11) is 0. The van der Waals surface area contributed by atoms with Crippen LogP contribution in [0.2, 0.25) is 0 Å². The Morgan fingerprint density at radius 2 is 2.32 bits per heavy atom. The van der Waals surface area contributed by atoms with E-state index < -0.39 is 0 Å². The van der Waals surface area contributed by atoms with Crippen LogP contribution in [-0.2, 0) is 6.54 Å². The van der Waals surface area contributed by atoms with Crippen LogP contribution in [-0.4, -0.2) is 14.9 Å². The molecule has 0 aliphatic rings. The van der Waals surface area contributed by atoms with Crippen molar-refractivity contribution in [3.05, 3.63) is 57.7 Å². The average molecular weight is 260 g/mol. The van der Waals surface area contributed by atoms with Crippen molar-refractivity contribution in [1.29, 1.82) is 0 Å².